The summed E-state index contributed by atoms with van der Waals surface area (Å²) in [6, 6.07) is 0.631. The van der Waals surface area contributed by atoms with Gasteiger partial charge >= 0.3 is 0 Å². The first kappa shape index (κ1) is 20.9. The molecular formula is C21H19Cl2F2N3O2. The third-order valence-electron chi connectivity index (χ3n) is 5.21. The zero-order valence-electron chi connectivity index (χ0n) is 16.3. The van der Waals surface area contributed by atoms with Crippen LogP contribution in [0.4, 0.5) is 14.6 Å². The van der Waals surface area contributed by atoms with Gasteiger partial charge in [-0.1, -0.05) is 29.3 Å². The van der Waals surface area contributed by atoms with E-state index in [-0.39, 0.29) is 27.2 Å². The van der Waals surface area contributed by atoms with Gasteiger partial charge in [0.15, 0.2) is 11.4 Å². The molecule has 0 spiro atoms. The van der Waals surface area contributed by atoms with E-state index in [1.807, 2.05) is 0 Å². The molecule has 2 N–H and O–H groups in total. The standard InChI is InChI=1S/C21H19Cl2F2N3O2/c1-10(16-17(22)14(24)7-15(25)18(16)23)30-20-19-12(8-27-21(20)26)13(9-29-19)11-3-5-28(2)6-4-11/h3,7-10H,4-6H2,1-2H3,(H2,26,27)/t10-/m1/s1. The Balaban J connectivity index is 1.75. The number of likely N-dealkylation sites (N-methyl/N-ethyl adjacent to an activating group) is 1. The fourth-order valence-electron chi connectivity index (χ4n) is 3.54. The maximum Gasteiger partial charge on any atom is 0.205 e. The Morgan fingerprint density at radius 1 is 1.27 bits per heavy atom. The Hall–Kier alpha value is -2.35. The van der Waals surface area contributed by atoms with Crippen LogP contribution < -0.4 is 10.5 Å². The van der Waals surface area contributed by atoms with E-state index in [4.69, 9.17) is 38.1 Å². The quantitative estimate of drug-likeness (QED) is 0.501. The molecule has 0 saturated heterocycles. The topological polar surface area (TPSA) is 64.5 Å². The van der Waals surface area contributed by atoms with Gasteiger partial charge in [0.05, 0.1) is 21.7 Å². The summed E-state index contributed by atoms with van der Waals surface area (Å²) in [7, 11) is 2.06. The lowest BCUT2D eigenvalue weighted by atomic mass is 10.00. The smallest absolute Gasteiger partial charge is 0.205 e. The molecule has 9 heteroatoms. The number of hydrogen-bond donors (Lipinski definition) is 1. The van der Waals surface area contributed by atoms with Gasteiger partial charge in [-0.05, 0) is 26.0 Å². The number of anilines is 1. The van der Waals surface area contributed by atoms with Gasteiger partial charge in [0.2, 0.25) is 5.75 Å². The van der Waals surface area contributed by atoms with E-state index in [9.17, 15) is 8.78 Å². The number of furan rings is 1. The van der Waals surface area contributed by atoms with Crippen LogP contribution in [0.1, 0.15) is 30.6 Å². The van der Waals surface area contributed by atoms with Crippen molar-refractivity contribution in [1.82, 2.24) is 9.88 Å². The van der Waals surface area contributed by atoms with Crippen LogP contribution in [-0.2, 0) is 0 Å². The Kier molecular flexibility index (Phi) is 5.61. The molecule has 1 aromatic carbocycles. The summed E-state index contributed by atoms with van der Waals surface area (Å²) < 4.78 is 39.6. The molecule has 5 nitrogen and oxygen atoms in total. The van der Waals surface area contributed by atoms with E-state index in [2.05, 4.69) is 23.0 Å². The van der Waals surface area contributed by atoms with Crippen LogP contribution in [0, 0.1) is 11.6 Å². The molecule has 1 aliphatic rings. The predicted molar refractivity (Wildman–Crippen MR) is 114 cm³/mol. The summed E-state index contributed by atoms with van der Waals surface area (Å²) >= 11 is 12.0. The van der Waals surface area contributed by atoms with Crippen molar-refractivity contribution in [2.45, 2.75) is 19.4 Å². The Labute approximate surface area is 182 Å². The van der Waals surface area contributed by atoms with Crippen molar-refractivity contribution in [2.24, 2.45) is 0 Å². The van der Waals surface area contributed by atoms with Gasteiger partial charge < -0.3 is 19.8 Å². The van der Waals surface area contributed by atoms with Crippen molar-refractivity contribution in [1.29, 1.82) is 0 Å². The van der Waals surface area contributed by atoms with E-state index < -0.39 is 17.7 Å². The molecule has 0 unspecified atom stereocenters. The van der Waals surface area contributed by atoms with Crippen molar-refractivity contribution in [3.63, 3.8) is 0 Å². The van der Waals surface area contributed by atoms with Gasteiger partial charge in [-0.3, -0.25) is 0 Å². The van der Waals surface area contributed by atoms with Gasteiger partial charge in [0.1, 0.15) is 17.7 Å². The first-order valence-electron chi connectivity index (χ1n) is 9.31. The highest BCUT2D eigenvalue weighted by atomic mass is 35.5. The second kappa shape index (κ2) is 8.06. The zero-order chi connectivity index (χ0) is 21.6. The lowest BCUT2D eigenvalue weighted by molar-refractivity contribution is 0.227. The van der Waals surface area contributed by atoms with Crippen LogP contribution in [0.5, 0.6) is 5.75 Å². The molecule has 1 aliphatic heterocycles. The summed E-state index contributed by atoms with van der Waals surface area (Å²) in [6.45, 7) is 3.34. The first-order chi connectivity index (χ1) is 14.3. The number of hydrogen-bond acceptors (Lipinski definition) is 5. The molecule has 0 saturated carbocycles. The summed E-state index contributed by atoms with van der Waals surface area (Å²) in [5.41, 5.74) is 8.47. The lowest BCUT2D eigenvalue weighted by Crippen LogP contribution is -2.23. The molecule has 0 bridgehead atoms. The Morgan fingerprint density at radius 3 is 2.60 bits per heavy atom. The van der Waals surface area contributed by atoms with Crippen LogP contribution in [0.2, 0.25) is 10.0 Å². The second-order valence-corrected chi connectivity index (χ2v) is 8.00. The third kappa shape index (κ3) is 3.62. The minimum absolute atomic E-state index is 0.0166. The molecule has 4 rings (SSSR count). The average Bonchev–Trinajstić information content (AvgIpc) is 3.14. The van der Waals surface area contributed by atoms with Crippen LogP contribution in [0.15, 0.2) is 29.0 Å². The van der Waals surface area contributed by atoms with E-state index in [1.165, 1.54) is 0 Å². The number of nitrogens with zero attached hydrogens (tertiary/aromatic N) is 2. The number of benzene rings is 1. The van der Waals surface area contributed by atoms with Gasteiger partial charge in [-0.15, -0.1) is 0 Å². The maximum atomic E-state index is 13.9. The molecule has 30 heavy (non-hydrogen) atoms. The van der Waals surface area contributed by atoms with Crippen molar-refractivity contribution in [3.05, 3.63) is 57.4 Å². The lowest BCUT2D eigenvalue weighted by Gasteiger charge is -2.21. The fourth-order valence-corrected chi connectivity index (χ4v) is 4.20. The minimum Gasteiger partial charge on any atom is -0.478 e. The van der Waals surface area contributed by atoms with Crippen molar-refractivity contribution < 1.29 is 17.9 Å². The number of rotatable bonds is 4. The van der Waals surface area contributed by atoms with Crippen molar-refractivity contribution in [3.8, 4) is 5.75 Å². The zero-order valence-corrected chi connectivity index (χ0v) is 17.8. The number of nitrogens with two attached hydrogens (primary N) is 1. The molecule has 0 aliphatic carbocycles. The second-order valence-electron chi connectivity index (χ2n) is 7.25. The summed E-state index contributed by atoms with van der Waals surface area (Å²) in [5.74, 6) is -1.61. The van der Waals surface area contributed by atoms with E-state index in [1.54, 1.807) is 19.4 Å². The first-order valence-corrected chi connectivity index (χ1v) is 10.1. The average molecular weight is 454 g/mol. The van der Waals surface area contributed by atoms with E-state index in [0.717, 1.165) is 36.0 Å². The molecule has 3 heterocycles. The Morgan fingerprint density at radius 2 is 1.97 bits per heavy atom. The van der Waals surface area contributed by atoms with Gasteiger partial charge in [0, 0.05) is 36.5 Å². The molecule has 1 atom stereocenters. The van der Waals surface area contributed by atoms with Gasteiger partial charge in [-0.2, -0.15) is 0 Å². The number of halogens is 4. The van der Waals surface area contributed by atoms with Crippen LogP contribution >= 0.6 is 23.2 Å². The number of fused-ring (bicyclic) bond motifs is 1. The molecule has 158 valence electrons. The molecular weight excluding hydrogens is 435 g/mol. The SMILES string of the molecule is C[C@@H](Oc1c(N)ncc2c(C3=CCN(C)CC3)coc12)c1c(Cl)c(F)cc(F)c1Cl. The monoisotopic (exact) mass is 453 g/mol. The number of ether oxygens (including phenoxy) is 1. The summed E-state index contributed by atoms with van der Waals surface area (Å²) in [4.78, 5) is 6.43. The largest absolute Gasteiger partial charge is 0.478 e. The van der Waals surface area contributed by atoms with E-state index in [0.29, 0.717) is 11.6 Å². The fraction of sp³-hybridized carbons (Fsp3) is 0.286. The predicted octanol–water partition coefficient (Wildman–Crippen LogP) is 5.85. The summed E-state index contributed by atoms with van der Waals surface area (Å²) in [6.07, 6.45) is 5.36. The third-order valence-corrected chi connectivity index (χ3v) is 5.97. The number of pyridine rings is 1. The van der Waals surface area contributed by atoms with Crippen LogP contribution in [0.25, 0.3) is 16.5 Å². The highest BCUT2D eigenvalue weighted by molar-refractivity contribution is 6.36. The molecule has 2 aromatic heterocycles. The van der Waals surface area contributed by atoms with Crippen molar-refractivity contribution in [2.75, 3.05) is 25.9 Å². The van der Waals surface area contributed by atoms with Crippen molar-refractivity contribution >= 4 is 45.6 Å². The highest BCUT2D eigenvalue weighted by Crippen LogP contribution is 2.41. The minimum atomic E-state index is -0.928. The summed E-state index contributed by atoms with van der Waals surface area (Å²) in [5, 5.41) is 0.110. The molecule has 3 aromatic rings. The molecule has 0 fully saturated rings. The number of nitrogen functional groups attached to an aromatic ring is 1. The van der Waals surface area contributed by atoms with E-state index >= 15 is 0 Å². The maximum absolute atomic E-state index is 13.9. The van der Waals surface area contributed by atoms with Gasteiger partial charge in [0.25, 0.3) is 0 Å². The van der Waals surface area contributed by atoms with Crippen LogP contribution in [-0.4, -0.2) is 30.0 Å². The Bertz CT molecular complexity index is 1140. The van der Waals surface area contributed by atoms with Crippen LogP contribution in [0.3, 0.4) is 0 Å². The molecule has 0 radical (unpaired) electrons. The van der Waals surface area contributed by atoms with Gasteiger partial charge in [-0.25, -0.2) is 13.8 Å². The number of aromatic nitrogens is 1. The highest BCUT2D eigenvalue weighted by Gasteiger charge is 2.25. The molecule has 0 amide bonds. The normalized spacial score (nSPS) is 16.0.